The molecule has 0 aromatic rings. The highest BCUT2D eigenvalue weighted by molar-refractivity contribution is 5.39. The van der Waals surface area contributed by atoms with Crippen LogP contribution in [0.25, 0.3) is 0 Å². The fraction of sp³-hybridized carbons (Fsp3) is 0.786. The molecule has 3 fully saturated rings. The van der Waals surface area contributed by atoms with Gasteiger partial charge in [-0.1, -0.05) is 77.0 Å². The van der Waals surface area contributed by atoms with Crippen LogP contribution in [0.1, 0.15) is 86.5 Å². The van der Waals surface area contributed by atoms with E-state index in [2.05, 4.69) is 65.8 Å². The molecule has 4 aliphatic rings. The molecule has 1 N–H and O–H groups in total. The Bertz CT molecular complexity index is 712. The van der Waals surface area contributed by atoms with Gasteiger partial charge >= 0.3 is 0 Å². The van der Waals surface area contributed by atoms with E-state index in [4.69, 9.17) is 0 Å². The maximum atomic E-state index is 10.2. The molecular formula is C28H44O. The molecule has 0 spiro atoms. The summed E-state index contributed by atoms with van der Waals surface area (Å²) in [4.78, 5) is 0. The Hall–Kier alpha value is -0.820. The van der Waals surface area contributed by atoms with Crippen molar-refractivity contribution in [3.63, 3.8) is 0 Å². The van der Waals surface area contributed by atoms with E-state index in [9.17, 15) is 5.11 Å². The number of aliphatic hydroxyl groups excluding tert-OH is 1. The van der Waals surface area contributed by atoms with Crippen LogP contribution in [0.3, 0.4) is 0 Å². The Morgan fingerprint density at radius 2 is 1.69 bits per heavy atom. The Kier molecular flexibility index (Phi) is 5.69. The van der Waals surface area contributed by atoms with Crippen molar-refractivity contribution >= 4 is 0 Å². The fourth-order valence-electron chi connectivity index (χ4n) is 7.59. The SMILES string of the molecule is CC(C=C[C@H](C)C(C)C)[C@H]1CC[C@H]2C3=CC=C4C[C@@H](O)CC[C@]4(C)[C@H]3CC[C@]12C. The van der Waals surface area contributed by atoms with E-state index in [0.717, 1.165) is 36.5 Å². The van der Waals surface area contributed by atoms with E-state index in [1.807, 2.05) is 0 Å². The molecule has 0 radical (unpaired) electrons. The molecule has 4 aliphatic carbocycles. The van der Waals surface area contributed by atoms with E-state index >= 15 is 0 Å². The van der Waals surface area contributed by atoms with Gasteiger partial charge in [0.05, 0.1) is 6.10 Å². The molecule has 3 saturated carbocycles. The highest BCUT2D eigenvalue weighted by Crippen LogP contribution is 2.65. The topological polar surface area (TPSA) is 20.2 Å². The lowest BCUT2D eigenvalue weighted by molar-refractivity contribution is 0.0382. The highest BCUT2D eigenvalue weighted by Gasteiger charge is 2.56. The number of allylic oxidation sites excluding steroid dienone is 5. The maximum absolute atomic E-state index is 10.2. The van der Waals surface area contributed by atoms with Gasteiger partial charge in [-0.2, -0.15) is 0 Å². The fourth-order valence-corrected chi connectivity index (χ4v) is 7.59. The zero-order chi connectivity index (χ0) is 21.0. The second kappa shape index (κ2) is 7.70. The van der Waals surface area contributed by atoms with Gasteiger partial charge in [-0.25, -0.2) is 0 Å². The molecule has 4 rings (SSSR count). The van der Waals surface area contributed by atoms with Crippen LogP contribution in [0.4, 0.5) is 0 Å². The lowest BCUT2D eigenvalue weighted by atomic mass is 9.50. The van der Waals surface area contributed by atoms with Crippen molar-refractivity contribution in [3.8, 4) is 0 Å². The Morgan fingerprint density at radius 3 is 2.41 bits per heavy atom. The maximum Gasteiger partial charge on any atom is 0.0578 e. The van der Waals surface area contributed by atoms with E-state index in [1.54, 1.807) is 5.57 Å². The molecule has 29 heavy (non-hydrogen) atoms. The van der Waals surface area contributed by atoms with Crippen LogP contribution in [-0.4, -0.2) is 11.2 Å². The number of hydrogen-bond acceptors (Lipinski definition) is 1. The first kappa shape index (κ1) is 21.4. The summed E-state index contributed by atoms with van der Waals surface area (Å²) >= 11 is 0. The predicted molar refractivity (Wildman–Crippen MR) is 123 cm³/mol. The van der Waals surface area contributed by atoms with Crippen molar-refractivity contribution in [2.75, 3.05) is 0 Å². The molecule has 1 heteroatoms. The first-order valence-corrected chi connectivity index (χ1v) is 12.4. The minimum atomic E-state index is -0.116. The second-order valence-corrected chi connectivity index (χ2v) is 11.9. The Labute approximate surface area is 179 Å². The molecule has 0 heterocycles. The molecule has 0 aromatic carbocycles. The van der Waals surface area contributed by atoms with Crippen molar-refractivity contribution in [1.82, 2.24) is 0 Å². The van der Waals surface area contributed by atoms with E-state index in [0.29, 0.717) is 22.7 Å². The van der Waals surface area contributed by atoms with Crippen LogP contribution in [0.2, 0.25) is 0 Å². The third-order valence-corrected chi connectivity index (χ3v) is 10.0. The molecule has 0 saturated heterocycles. The van der Waals surface area contributed by atoms with Crippen LogP contribution in [0, 0.1) is 46.3 Å². The minimum absolute atomic E-state index is 0.116. The lowest BCUT2D eigenvalue weighted by Crippen LogP contribution is -2.46. The predicted octanol–water partition coefficient (Wildman–Crippen LogP) is 7.33. The first-order valence-electron chi connectivity index (χ1n) is 12.4. The average molecular weight is 397 g/mol. The first-order chi connectivity index (χ1) is 13.7. The van der Waals surface area contributed by atoms with E-state index < -0.39 is 0 Å². The van der Waals surface area contributed by atoms with E-state index in [-0.39, 0.29) is 6.10 Å². The molecule has 1 nitrogen and oxygen atoms in total. The summed E-state index contributed by atoms with van der Waals surface area (Å²) in [5.74, 6) is 4.38. The monoisotopic (exact) mass is 396 g/mol. The van der Waals surface area contributed by atoms with Gasteiger partial charge in [-0.3, -0.25) is 0 Å². The van der Waals surface area contributed by atoms with Gasteiger partial charge in [-0.15, -0.1) is 0 Å². The smallest absolute Gasteiger partial charge is 0.0578 e. The number of fused-ring (bicyclic) bond motifs is 5. The summed E-state index contributed by atoms with van der Waals surface area (Å²) in [5, 5.41) is 10.2. The highest BCUT2D eigenvalue weighted by atomic mass is 16.3. The molecule has 8 atom stereocenters. The zero-order valence-electron chi connectivity index (χ0n) is 19.7. The van der Waals surface area contributed by atoms with Crippen molar-refractivity contribution in [1.29, 1.82) is 0 Å². The van der Waals surface area contributed by atoms with Crippen LogP contribution < -0.4 is 0 Å². The largest absolute Gasteiger partial charge is 0.393 e. The third kappa shape index (κ3) is 3.50. The summed E-state index contributed by atoms with van der Waals surface area (Å²) in [7, 11) is 0. The molecule has 0 aromatic heterocycles. The van der Waals surface area contributed by atoms with Gasteiger partial charge in [0.2, 0.25) is 0 Å². The number of hydrogen-bond donors (Lipinski definition) is 1. The molecular weight excluding hydrogens is 352 g/mol. The minimum Gasteiger partial charge on any atom is -0.393 e. The van der Waals surface area contributed by atoms with Gasteiger partial charge in [0.1, 0.15) is 0 Å². The number of aliphatic hydroxyl groups is 1. The van der Waals surface area contributed by atoms with E-state index in [1.165, 1.54) is 37.7 Å². The van der Waals surface area contributed by atoms with Gasteiger partial charge in [0.15, 0.2) is 0 Å². The van der Waals surface area contributed by atoms with Crippen molar-refractivity contribution in [2.45, 2.75) is 92.6 Å². The van der Waals surface area contributed by atoms with Crippen LogP contribution in [0.15, 0.2) is 35.5 Å². The van der Waals surface area contributed by atoms with Gasteiger partial charge in [0, 0.05) is 0 Å². The Morgan fingerprint density at radius 1 is 0.931 bits per heavy atom. The van der Waals surface area contributed by atoms with Gasteiger partial charge in [0.25, 0.3) is 0 Å². The average Bonchev–Trinajstić information content (AvgIpc) is 3.03. The summed E-state index contributed by atoms with van der Waals surface area (Å²) < 4.78 is 0. The summed E-state index contributed by atoms with van der Waals surface area (Å²) in [6.45, 7) is 14.6. The normalized spacial score (nSPS) is 44.0. The molecule has 162 valence electrons. The van der Waals surface area contributed by atoms with Gasteiger partial charge < -0.3 is 5.11 Å². The van der Waals surface area contributed by atoms with Crippen molar-refractivity contribution in [3.05, 3.63) is 35.5 Å². The molecule has 0 bridgehead atoms. The lowest BCUT2D eigenvalue weighted by Gasteiger charge is -2.55. The van der Waals surface area contributed by atoms with Crippen molar-refractivity contribution in [2.24, 2.45) is 46.3 Å². The van der Waals surface area contributed by atoms with Crippen LogP contribution in [0.5, 0.6) is 0 Å². The standard InChI is InChI=1S/C28H44O/c1-18(2)19(3)7-8-20(4)24-11-12-25-23-10-9-21-17-22(29)13-15-27(21,5)26(23)14-16-28(24,25)6/h7-10,18-20,22,24-26,29H,11-17H2,1-6H3/t19-,20?,22-,24+,25-,26-,27-,28+/m0/s1. The molecule has 0 aliphatic heterocycles. The van der Waals surface area contributed by atoms with Crippen molar-refractivity contribution < 1.29 is 5.11 Å². The second-order valence-electron chi connectivity index (χ2n) is 11.9. The summed E-state index contributed by atoms with van der Waals surface area (Å²) in [5.41, 5.74) is 4.07. The van der Waals surface area contributed by atoms with Crippen LogP contribution in [-0.2, 0) is 0 Å². The van der Waals surface area contributed by atoms with Gasteiger partial charge in [-0.05, 0) is 91.3 Å². The summed E-state index contributed by atoms with van der Waals surface area (Å²) in [6.07, 6.45) is 18.4. The third-order valence-electron chi connectivity index (χ3n) is 10.0. The van der Waals surface area contributed by atoms with Crippen LogP contribution >= 0.6 is 0 Å². The quantitative estimate of drug-likeness (QED) is 0.493. The summed E-state index contributed by atoms with van der Waals surface area (Å²) in [6, 6.07) is 0. The molecule has 1 unspecified atom stereocenters. The zero-order valence-corrected chi connectivity index (χ0v) is 19.7. The Balaban J connectivity index is 1.57. The molecule has 0 amide bonds. The number of rotatable bonds is 4.